The van der Waals surface area contributed by atoms with E-state index < -0.39 is 0 Å². The van der Waals surface area contributed by atoms with Crippen LogP contribution in [0.4, 0.5) is 11.4 Å². The maximum atomic E-state index is 5.80. The van der Waals surface area contributed by atoms with E-state index in [4.69, 9.17) is 5.73 Å². The number of hydrogen-bond acceptors (Lipinski definition) is 2. The van der Waals surface area contributed by atoms with E-state index in [1.54, 1.807) is 0 Å². The number of hydrogen-bond donors (Lipinski definition) is 2. The first kappa shape index (κ1) is 9.38. The second kappa shape index (κ2) is 3.19. The largest absolute Gasteiger partial charge is 0.399 e. The van der Waals surface area contributed by atoms with Crippen molar-refractivity contribution in [3.8, 4) is 0 Å². The van der Waals surface area contributed by atoms with Crippen molar-refractivity contribution < 1.29 is 0 Å². The highest BCUT2D eigenvalue weighted by Gasteiger charge is 2.31. The second-order valence-electron chi connectivity index (χ2n) is 4.67. The Morgan fingerprint density at radius 3 is 2.50 bits per heavy atom. The zero-order chi connectivity index (χ0) is 10.2. The zero-order valence-electron chi connectivity index (χ0n) is 8.93. The molecule has 0 atom stereocenters. The predicted octanol–water partition coefficient (Wildman–Crippen LogP) is 2.93. The van der Waals surface area contributed by atoms with E-state index in [0.717, 1.165) is 11.4 Å². The molecular formula is C12H18N2. The molecule has 0 amide bonds. The molecule has 0 bridgehead atoms. The molecule has 0 radical (unpaired) electrons. The van der Waals surface area contributed by atoms with Crippen LogP contribution in [0.5, 0.6) is 0 Å². The Hall–Kier alpha value is -1.18. The van der Waals surface area contributed by atoms with Crippen LogP contribution in [0.15, 0.2) is 18.2 Å². The fourth-order valence-corrected chi connectivity index (χ4v) is 2.07. The van der Waals surface area contributed by atoms with Crippen LogP contribution in [0, 0.1) is 6.92 Å². The van der Waals surface area contributed by atoms with Crippen LogP contribution in [0.25, 0.3) is 0 Å². The Morgan fingerprint density at radius 1 is 1.29 bits per heavy atom. The van der Waals surface area contributed by atoms with Gasteiger partial charge in [0.05, 0.1) is 0 Å². The molecule has 1 aromatic rings. The lowest BCUT2D eigenvalue weighted by Crippen LogP contribution is -2.41. The van der Waals surface area contributed by atoms with Crippen LogP contribution in [0.2, 0.25) is 0 Å². The Bertz CT molecular complexity index is 320. The molecule has 76 valence electrons. The lowest BCUT2D eigenvalue weighted by Gasteiger charge is -2.40. The summed E-state index contributed by atoms with van der Waals surface area (Å²) in [6.07, 6.45) is 3.87. The SMILES string of the molecule is Cc1cc(N)cc(NC2(C)CCC2)c1. The third kappa shape index (κ3) is 1.84. The van der Waals surface area contributed by atoms with E-state index in [1.165, 1.54) is 24.8 Å². The van der Waals surface area contributed by atoms with Crippen molar-refractivity contribution in [3.05, 3.63) is 23.8 Å². The van der Waals surface area contributed by atoms with Gasteiger partial charge in [0.2, 0.25) is 0 Å². The molecule has 0 unspecified atom stereocenters. The molecule has 1 aliphatic carbocycles. The fourth-order valence-electron chi connectivity index (χ4n) is 2.07. The molecule has 1 aliphatic rings. The van der Waals surface area contributed by atoms with Gasteiger partial charge in [0, 0.05) is 16.9 Å². The third-order valence-electron chi connectivity index (χ3n) is 3.00. The number of anilines is 2. The van der Waals surface area contributed by atoms with Gasteiger partial charge in [-0.05, 0) is 56.9 Å². The van der Waals surface area contributed by atoms with E-state index in [9.17, 15) is 0 Å². The summed E-state index contributed by atoms with van der Waals surface area (Å²) in [4.78, 5) is 0. The molecule has 2 nitrogen and oxygen atoms in total. The molecule has 2 rings (SSSR count). The maximum Gasteiger partial charge on any atom is 0.0367 e. The first-order chi connectivity index (χ1) is 6.57. The molecule has 0 aromatic heterocycles. The van der Waals surface area contributed by atoms with E-state index >= 15 is 0 Å². The van der Waals surface area contributed by atoms with Crippen LogP contribution in [-0.4, -0.2) is 5.54 Å². The first-order valence-corrected chi connectivity index (χ1v) is 5.23. The maximum absolute atomic E-state index is 5.80. The summed E-state index contributed by atoms with van der Waals surface area (Å²) >= 11 is 0. The van der Waals surface area contributed by atoms with Gasteiger partial charge in [0.1, 0.15) is 0 Å². The monoisotopic (exact) mass is 190 g/mol. The molecule has 1 aromatic carbocycles. The van der Waals surface area contributed by atoms with Crippen molar-refractivity contribution >= 4 is 11.4 Å². The van der Waals surface area contributed by atoms with Gasteiger partial charge in [0.15, 0.2) is 0 Å². The van der Waals surface area contributed by atoms with E-state index in [-0.39, 0.29) is 0 Å². The Kier molecular flexibility index (Phi) is 2.14. The number of nitrogens with one attached hydrogen (secondary N) is 1. The molecule has 2 heteroatoms. The molecule has 0 spiro atoms. The molecule has 1 fully saturated rings. The average molecular weight is 190 g/mol. The minimum Gasteiger partial charge on any atom is -0.399 e. The molecule has 0 heterocycles. The van der Waals surface area contributed by atoms with Crippen LogP contribution >= 0.6 is 0 Å². The minimum atomic E-state index is 0.306. The Labute approximate surface area is 85.5 Å². The van der Waals surface area contributed by atoms with Crippen LogP contribution < -0.4 is 11.1 Å². The summed E-state index contributed by atoms with van der Waals surface area (Å²) in [7, 11) is 0. The second-order valence-corrected chi connectivity index (χ2v) is 4.67. The van der Waals surface area contributed by atoms with Crippen molar-refractivity contribution in [1.82, 2.24) is 0 Å². The smallest absolute Gasteiger partial charge is 0.0367 e. The van der Waals surface area contributed by atoms with Crippen molar-refractivity contribution in [2.45, 2.75) is 38.6 Å². The summed E-state index contributed by atoms with van der Waals surface area (Å²) in [5, 5.41) is 3.56. The van der Waals surface area contributed by atoms with Crippen LogP contribution in [-0.2, 0) is 0 Å². The van der Waals surface area contributed by atoms with Crippen LogP contribution in [0.3, 0.4) is 0 Å². The first-order valence-electron chi connectivity index (χ1n) is 5.23. The molecule has 3 N–H and O–H groups in total. The molecule has 1 saturated carbocycles. The van der Waals surface area contributed by atoms with E-state index in [0.29, 0.717) is 5.54 Å². The van der Waals surface area contributed by atoms with Gasteiger partial charge in [-0.1, -0.05) is 0 Å². The molecule has 0 saturated heterocycles. The van der Waals surface area contributed by atoms with Gasteiger partial charge in [-0.3, -0.25) is 0 Å². The summed E-state index contributed by atoms with van der Waals surface area (Å²) in [6, 6.07) is 6.16. The summed E-state index contributed by atoms with van der Waals surface area (Å²) < 4.78 is 0. The number of benzene rings is 1. The summed E-state index contributed by atoms with van der Waals surface area (Å²) in [5.74, 6) is 0. The normalized spacial score (nSPS) is 18.7. The lowest BCUT2D eigenvalue weighted by molar-refractivity contribution is 0.306. The van der Waals surface area contributed by atoms with Crippen molar-refractivity contribution in [1.29, 1.82) is 0 Å². The lowest BCUT2D eigenvalue weighted by atomic mass is 9.78. The number of aryl methyl sites for hydroxylation is 1. The van der Waals surface area contributed by atoms with Gasteiger partial charge in [-0.25, -0.2) is 0 Å². The standard InChI is InChI=1S/C12H18N2/c1-9-6-10(13)8-11(7-9)14-12(2)4-3-5-12/h6-8,14H,3-5,13H2,1-2H3. The average Bonchev–Trinajstić information content (AvgIpc) is 1.99. The van der Waals surface area contributed by atoms with Gasteiger partial charge < -0.3 is 11.1 Å². The summed E-state index contributed by atoms with van der Waals surface area (Å²) in [6.45, 7) is 4.35. The number of nitrogens with two attached hydrogens (primary N) is 1. The Balaban J connectivity index is 2.16. The Morgan fingerprint density at radius 2 is 2.00 bits per heavy atom. The van der Waals surface area contributed by atoms with Crippen LogP contribution in [0.1, 0.15) is 31.7 Å². The molecule has 0 aliphatic heterocycles. The van der Waals surface area contributed by atoms with Gasteiger partial charge in [-0.2, -0.15) is 0 Å². The fraction of sp³-hybridized carbons (Fsp3) is 0.500. The number of nitrogen functional groups attached to an aromatic ring is 1. The van der Waals surface area contributed by atoms with E-state index in [2.05, 4.69) is 25.2 Å². The van der Waals surface area contributed by atoms with Gasteiger partial charge in [0.25, 0.3) is 0 Å². The summed E-state index contributed by atoms with van der Waals surface area (Å²) in [5.41, 5.74) is 9.32. The highest BCUT2D eigenvalue weighted by Crippen LogP contribution is 2.35. The highest BCUT2D eigenvalue weighted by molar-refractivity contribution is 5.58. The van der Waals surface area contributed by atoms with Crippen molar-refractivity contribution in [2.75, 3.05) is 11.1 Å². The quantitative estimate of drug-likeness (QED) is 0.704. The van der Waals surface area contributed by atoms with Crippen molar-refractivity contribution in [3.63, 3.8) is 0 Å². The minimum absolute atomic E-state index is 0.306. The third-order valence-corrected chi connectivity index (χ3v) is 3.00. The van der Waals surface area contributed by atoms with Crippen molar-refractivity contribution in [2.24, 2.45) is 0 Å². The predicted molar refractivity (Wildman–Crippen MR) is 61.5 cm³/mol. The van der Waals surface area contributed by atoms with Gasteiger partial charge >= 0.3 is 0 Å². The van der Waals surface area contributed by atoms with Gasteiger partial charge in [-0.15, -0.1) is 0 Å². The molecule has 14 heavy (non-hydrogen) atoms. The van der Waals surface area contributed by atoms with E-state index in [1.807, 2.05) is 12.1 Å². The number of rotatable bonds is 2. The molecular weight excluding hydrogens is 172 g/mol. The highest BCUT2D eigenvalue weighted by atomic mass is 15.0. The zero-order valence-corrected chi connectivity index (χ0v) is 8.93. The topological polar surface area (TPSA) is 38.0 Å².